The molecule has 1 aromatic rings. The Bertz CT molecular complexity index is 1010. The van der Waals surface area contributed by atoms with Crippen molar-refractivity contribution in [3.8, 4) is 0 Å². The van der Waals surface area contributed by atoms with Crippen molar-refractivity contribution in [2.24, 2.45) is 17.8 Å². The molecule has 5 atom stereocenters. The number of rotatable bonds is 16. The van der Waals surface area contributed by atoms with Crippen LogP contribution in [-0.2, 0) is 23.9 Å². The number of aromatic nitrogens is 1. The van der Waals surface area contributed by atoms with E-state index in [1.54, 1.807) is 10.3 Å². The van der Waals surface area contributed by atoms with Crippen LogP contribution >= 0.6 is 11.3 Å². The van der Waals surface area contributed by atoms with Gasteiger partial charge in [-0.25, -0.2) is 9.78 Å². The standard InChI is InChI=1S/C31H51N3O6S/c1-9-13-28(36)40-19-34(26(20(3)4)16-22(6)29-32-24(18-41-29)31(38)39-8)30(37)23(21(5)10-2)17-27(35)25-14-11-12-15-33(25)7/h18,20-23,25-26H,9-17,19H2,1-8H3/t21-,22+,23+,25?,26+/m0/s1. The molecule has 1 unspecified atom stereocenters. The maximum Gasteiger partial charge on any atom is 0.357 e. The summed E-state index contributed by atoms with van der Waals surface area (Å²) in [5.74, 6) is -1.39. The average Bonchev–Trinajstić information content (AvgIpc) is 3.45. The second kappa shape index (κ2) is 16.9. The first-order valence-electron chi connectivity index (χ1n) is 15.2. The van der Waals surface area contributed by atoms with E-state index in [0.29, 0.717) is 12.8 Å². The minimum absolute atomic E-state index is 0.0130. The molecular formula is C31H51N3O6S. The van der Waals surface area contributed by atoms with Crippen molar-refractivity contribution in [1.82, 2.24) is 14.8 Å². The zero-order valence-corrected chi connectivity index (χ0v) is 27.1. The summed E-state index contributed by atoms with van der Waals surface area (Å²) in [5, 5.41) is 2.46. The Labute approximate surface area is 250 Å². The van der Waals surface area contributed by atoms with Crippen LogP contribution in [-0.4, -0.2) is 77.9 Å². The van der Waals surface area contributed by atoms with Crippen LogP contribution in [0.2, 0.25) is 0 Å². The van der Waals surface area contributed by atoms with Crippen molar-refractivity contribution in [3.05, 3.63) is 16.1 Å². The number of ketones is 1. The number of piperidine rings is 1. The number of hydrogen-bond donors (Lipinski definition) is 0. The van der Waals surface area contributed by atoms with Crippen LogP contribution < -0.4 is 0 Å². The van der Waals surface area contributed by atoms with Crippen molar-refractivity contribution in [3.63, 3.8) is 0 Å². The van der Waals surface area contributed by atoms with E-state index in [2.05, 4.69) is 9.88 Å². The fourth-order valence-electron chi connectivity index (χ4n) is 5.54. The number of likely N-dealkylation sites (N-methyl/N-ethyl adjacent to an activating group) is 1. The largest absolute Gasteiger partial charge is 0.464 e. The van der Waals surface area contributed by atoms with Crippen LogP contribution in [0.5, 0.6) is 0 Å². The van der Waals surface area contributed by atoms with E-state index < -0.39 is 11.9 Å². The monoisotopic (exact) mass is 593 g/mol. The SMILES string of the molecule is CCCC(=O)OCN(C(=O)[C@H](CC(=O)C1CCCCN1C)[C@@H](C)CC)[C@H](C[C@@H](C)c1nc(C(=O)OC)cs1)C(C)C. The van der Waals surface area contributed by atoms with Crippen LogP contribution in [0.1, 0.15) is 114 Å². The molecule has 1 fully saturated rings. The predicted molar refractivity (Wildman–Crippen MR) is 161 cm³/mol. The van der Waals surface area contributed by atoms with Gasteiger partial charge in [0.2, 0.25) is 5.91 Å². The molecule has 2 rings (SSSR count). The lowest BCUT2D eigenvalue weighted by molar-refractivity contribution is -0.160. The van der Waals surface area contributed by atoms with Crippen LogP contribution in [0, 0.1) is 17.8 Å². The highest BCUT2D eigenvalue weighted by atomic mass is 32.1. The molecule has 10 heteroatoms. The fraction of sp³-hybridized carbons (Fsp3) is 0.774. The summed E-state index contributed by atoms with van der Waals surface area (Å²) in [6.45, 7) is 12.8. The fourth-order valence-corrected chi connectivity index (χ4v) is 6.40. The lowest BCUT2D eigenvalue weighted by Gasteiger charge is -2.39. The van der Waals surface area contributed by atoms with Gasteiger partial charge in [-0.05, 0) is 51.1 Å². The van der Waals surface area contributed by atoms with Gasteiger partial charge in [0, 0.05) is 36.1 Å². The van der Waals surface area contributed by atoms with Crippen LogP contribution in [0.15, 0.2) is 5.38 Å². The van der Waals surface area contributed by atoms with Crippen molar-refractivity contribution >= 4 is 35.0 Å². The highest BCUT2D eigenvalue weighted by Crippen LogP contribution is 2.32. The number of nitrogens with zero attached hydrogens (tertiary/aromatic N) is 3. The molecule has 2 heterocycles. The molecule has 0 aromatic carbocycles. The van der Waals surface area contributed by atoms with E-state index in [4.69, 9.17) is 9.47 Å². The van der Waals surface area contributed by atoms with Crippen molar-refractivity contribution < 1.29 is 28.7 Å². The number of carbonyl (C=O) groups excluding carboxylic acids is 4. The predicted octanol–water partition coefficient (Wildman–Crippen LogP) is 5.68. The number of hydrogen-bond acceptors (Lipinski definition) is 9. The number of ether oxygens (including phenoxy) is 2. The molecule has 1 aromatic heterocycles. The summed E-state index contributed by atoms with van der Waals surface area (Å²) in [4.78, 5) is 60.6. The molecule has 0 saturated carbocycles. The first-order valence-corrected chi connectivity index (χ1v) is 16.1. The van der Waals surface area contributed by atoms with E-state index in [1.165, 1.54) is 18.4 Å². The number of esters is 2. The molecule has 232 valence electrons. The van der Waals surface area contributed by atoms with Gasteiger partial charge in [0.15, 0.2) is 18.2 Å². The number of thiazole rings is 1. The number of amides is 1. The molecule has 1 aliphatic heterocycles. The smallest absolute Gasteiger partial charge is 0.357 e. The third-order valence-corrected chi connectivity index (χ3v) is 9.49. The van der Waals surface area contributed by atoms with Gasteiger partial charge in [0.25, 0.3) is 0 Å². The maximum atomic E-state index is 14.4. The van der Waals surface area contributed by atoms with Gasteiger partial charge >= 0.3 is 11.9 Å². The lowest BCUT2D eigenvalue weighted by Crippen LogP contribution is -2.50. The number of Topliss-reactive ketones (excluding diaryl/α,β-unsaturated/α-hetero) is 1. The summed E-state index contributed by atoms with van der Waals surface area (Å²) >= 11 is 1.39. The summed E-state index contributed by atoms with van der Waals surface area (Å²) in [6, 6.07) is -0.426. The molecule has 0 bridgehead atoms. The highest BCUT2D eigenvalue weighted by molar-refractivity contribution is 7.09. The second-order valence-electron chi connectivity index (χ2n) is 11.9. The minimum atomic E-state index is -0.505. The Kier molecular flexibility index (Phi) is 14.4. The summed E-state index contributed by atoms with van der Waals surface area (Å²) in [5.41, 5.74) is 0.268. The third-order valence-electron chi connectivity index (χ3n) is 8.42. The Morgan fingerprint density at radius 3 is 2.44 bits per heavy atom. The van der Waals surface area contributed by atoms with Gasteiger partial charge in [-0.3, -0.25) is 19.3 Å². The molecule has 1 amide bonds. The molecule has 1 saturated heterocycles. The average molecular weight is 594 g/mol. The van der Waals surface area contributed by atoms with Crippen LogP contribution in [0.25, 0.3) is 0 Å². The molecule has 1 aliphatic rings. The first-order chi connectivity index (χ1) is 19.4. The molecular weight excluding hydrogens is 542 g/mol. The Balaban J connectivity index is 2.37. The first kappa shape index (κ1) is 34.9. The van der Waals surface area contributed by atoms with Crippen molar-refractivity contribution in [2.45, 2.75) is 111 Å². The lowest BCUT2D eigenvalue weighted by atomic mass is 9.82. The van der Waals surface area contributed by atoms with Gasteiger partial charge in [0.05, 0.1) is 18.2 Å². The Hall–Kier alpha value is -2.33. The van der Waals surface area contributed by atoms with Crippen LogP contribution in [0.3, 0.4) is 0 Å². The highest BCUT2D eigenvalue weighted by Gasteiger charge is 2.38. The van der Waals surface area contributed by atoms with Crippen molar-refractivity contribution in [2.75, 3.05) is 27.4 Å². The molecule has 0 aliphatic carbocycles. The van der Waals surface area contributed by atoms with Gasteiger partial charge < -0.3 is 14.4 Å². The molecule has 0 radical (unpaired) electrons. The number of carbonyl (C=O) groups is 4. The maximum absolute atomic E-state index is 14.4. The van der Waals surface area contributed by atoms with Gasteiger partial charge in [-0.1, -0.05) is 54.4 Å². The van der Waals surface area contributed by atoms with E-state index >= 15 is 0 Å². The molecule has 0 spiro atoms. The quantitative estimate of drug-likeness (QED) is 0.178. The number of methoxy groups -OCH3 is 1. The minimum Gasteiger partial charge on any atom is -0.464 e. The number of likely N-dealkylation sites (tertiary alicyclic amines) is 1. The summed E-state index contributed by atoms with van der Waals surface area (Å²) in [7, 11) is 3.31. The molecule has 9 nitrogen and oxygen atoms in total. The van der Waals surface area contributed by atoms with E-state index in [9.17, 15) is 19.2 Å². The van der Waals surface area contributed by atoms with E-state index in [-0.39, 0.29) is 72.8 Å². The van der Waals surface area contributed by atoms with E-state index in [0.717, 1.165) is 37.2 Å². The van der Waals surface area contributed by atoms with Gasteiger partial charge in [0.1, 0.15) is 0 Å². The topological polar surface area (TPSA) is 106 Å². The zero-order valence-electron chi connectivity index (χ0n) is 26.3. The van der Waals surface area contributed by atoms with Gasteiger partial charge in [-0.2, -0.15) is 0 Å². The van der Waals surface area contributed by atoms with Gasteiger partial charge in [-0.15, -0.1) is 11.3 Å². The van der Waals surface area contributed by atoms with E-state index in [1.807, 2.05) is 48.6 Å². The molecule has 41 heavy (non-hydrogen) atoms. The Morgan fingerprint density at radius 2 is 1.85 bits per heavy atom. The normalized spacial score (nSPS) is 18.8. The van der Waals surface area contributed by atoms with Crippen molar-refractivity contribution in [1.29, 1.82) is 0 Å². The Morgan fingerprint density at radius 1 is 1.15 bits per heavy atom. The summed E-state index contributed by atoms with van der Waals surface area (Å²) < 4.78 is 10.4. The third kappa shape index (κ3) is 9.87. The zero-order chi connectivity index (χ0) is 30.7. The summed E-state index contributed by atoms with van der Waals surface area (Å²) in [6.07, 6.45) is 5.36. The van der Waals surface area contributed by atoms with Crippen LogP contribution in [0.4, 0.5) is 0 Å². The second-order valence-corrected chi connectivity index (χ2v) is 12.8. The molecule has 0 N–H and O–H groups in total.